The van der Waals surface area contributed by atoms with Gasteiger partial charge in [-0.15, -0.1) is 11.8 Å². The third kappa shape index (κ3) is 4.58. The van der Waals surface area contributed by atoms with Crippen molar-refractivity contribution in [1.82, 2.24) is 5.32 Å². The van der Waals surface area contributed by atoms with Crippen molar-refractivity contribution >= 4 is 11.8 Å². The highest BCUT2D eigenvalue weighted by Crippen LogP contribution is 2.25. The fraction of sp³-hybridized carbons (Fsp3) is 0.571. The fourth-order valence-electron chi connectivity index (χ4n) is 1.61. The minimum Gasteiger partial charge on any atom is -0.310 e. The second-order valence-corrected chi connectivity index (χ2v) is 6.06. The summed E-state index contributed by atoms with van der Waals surface area (Å²) in [7, 11) is 0. The van der Waals surface area contributed by atoms with E-state index in [1.165, 1.54) is 16.9 Å². The van der Waals surface area contributed by atoms with Crippen LogP contribution in [0.25, 0.3) is 0 Å². The molecule has 1 unspecified atom stereocenters. The molecule has 0 fully saturated rings. The van der Waals surface area contributed by atoms with Crippen molar-refractivity contribution in [2.45, 2.75) is 50.3 Å². The number of nitrogens with one attached hydrogen (secondary N) is 1. The summed E-state index contributed by atoms with van der Waals surface area (Å²) in [4.78, 5) is 1.37. The highest BCUT2D eigenvalue weighted by atomic mass is 32.2. The van der Waals surface area contributed by atoms with Crippen molar-refractivity contribution in [1.29, 1.82) is 0 Å². The molecule has 0 spiro atoms. The van der Waals surface area contributed by atoms with Crippen molar-refractivity contribution in [3.8, 4) is 0 Å². The molecule has 0 aromatic heterocycles. The zero-order chi connectivity index (χ0) is 12.0. The van der Waals surface area contributed by atoms with Crippen LogP contribution in [-0.4, -0.2) is 11.8 Å². The number of hydrogen-bond acceptors (Lipinski definition) is 2. The molecule has 0 saturated heterocycles. The zero-order valence-electron chi connectivity index (χ0n) is 10.8. The fourth-order valence-corrected chi connectivity index (χ4v) is 2.51. The predicted octanol–water partition coefficient (Wildman–Crippen LogP) is 4.25. The molecule has 90 valence electrons. The lowest BCUT2D eigenvalue weighted by Gasteiger charge is -2.15. The van der Waals surface area contributed by atoms with Gasteiger partial charge in [-0.05, 0) is 37.6 Å². The summed E-state index contributed by atoms with van der Waals surface area (Å²) >= 11 is 1.93. The van der Waals surface area contributed by atoms with Crippen LogP contribution in [0.1, 0.15) is 45.7 Å². The van der Waals surface area contributed by atoms with Crippen LogP contribution < -0.4 is 5.32 Å². The van der Waals surface area contributed by atoms with Crippen molar-refractivity contribution in [2.24, 2.45) is 0 Å². The summed E-state index contributed by atoms with van der Waals surface area (Å²) in [6.07, 6.45) is 1.19. The average molecular weight is 237 g/mol. The summed E-state index contributed by atoms with van der Waals surface area (Å²) in [5.74, 6) is 0. The van der Waals surface area contributed by atoms with Gasteiger partial charge in [0.15, 0.2) is 0 Å². The molecule has 1 aromatic carbocycles. The van der Waals surface area contributed by atoms with Crippen molar-refractivity contribution < 1.29 is 0 Å². The number of thioether (sulfide) groups is 1. The highest BCUT2D eigenvalue weighted by molar-refractivity contribution is 7.99. The summed E-state index contributed by atoms with van der Waals surface area (Å²) in [6.45, 7) is 9.98. The molecule has 1 aromatic rings. The number of rotatable bonds is 6. The number of hydrogen-bond donors (Lipinski definition) is 1. The van der Waals surface area contributed by atoms with Crippen molar-refractivity contribution in [2.75, 3.05) is 6.54 Å². The highest BCUT2D eigenvalue weighted by Gasteiger charge is 2.05. The molecule has 1 atom stereocenters. The maximum Gasteiger partial charge on any atom is 0.0292 e. The predicted molar refractivity (Wildman–Crippen MR) is 74.1 cm³/mol. The quantitative estimate of drug-likeness (QED) is 0.742. The van der Waals surface area contributed by atoms with Gasteiger partial charge in [0.1, 0.15) is 0 Å². The van der Waals surface area contributed by atoms with E-state index in [0.29, 0.717) is 11.3 Å². The van der Waals surface area contributed by atoms with Crippen LogP contribution in [0.4, 0.5) is 0 Å². The molecule has 0 amide bonds. The molecule has 0 bridgehead atoms. The van der Waals surface area contributed by atoms with E-state index in [9.17, 15) is 0 Å². The monoisotopic (exact) mass is 237 g/mol. The lowest BCUT2D eigenvalue weighted by molar-refractivity contribution is 0.570. The standard InChI is InChI=1S/C14H23NS/c1-5-9-15-12(4)13-7-6-8-14(10-13)16-11(2)3/h6-8,10-12,15H,5,9H2,1-4H3. The summed E-state index contributed by atoms with van der Waals surface area (Å²) in [6, 6.07) is 9.31. The molecule has 1 N–H and O–H groups in total. The topological polar surface area (TPSA) is 12.0 Å². The Bertz CT molecular complexity index is 309. The minimum atomic E-state index is 0.452. The van der Waals surface area contributed by atoms with Crippen LogP contribution in [0, 0.1) is 0 Å². The van der Waals surface area contributed by atoms with Crippen LogP contribution in [-0.2, 0) is 0 Å². The summed E-state index contributed by atoms with van der Waals surface area (Å²) in [5.41, 5.74) is 1.39. The lowest BCUT2D eigenvalue weighted by Crippen LogP contribution is -2.19. The molecule has 1 nitrogen and oxygen atoms in total. The average Bonchev–Trinajstić information content (AvgIpc) is 2.25. The van der Waals surface area contributed by atoms with E-state index in [2.05, 4.69) is 57.3 Å². The van der Waals surface area contributed by atoms with Crippen LogP contribution in [0.15, 0.2) is 29.2 Å². The summed E-state index contributed by atoms with van der Waals surface area (Å²) in [5, 5.41) is 4.17. The van der Waals surface area contributed by atoms with Gasteiger partial charge in [-0.2, -0.15) is 0 Å². The van der Waals surface area contributed by atoms with Gasteiger partial charge < -0.3 is 5.32 Å². The first-order valence-electron chi connectivity index (χ1n) is 6.13. The molecule has 0 heterocycles. The second kappa shape index (κ2) is 6.97. The van der Waals surface area contributed by atoms with E-state index in [1.54, 1.807) is 0 Å². The first kappa shape index (κ1) is 13.6. The Morgan fingerprint density at radius 1 is 1.25 bits per heavy atom. The van der Waals surface area contributed by atoms with Gasteiger partial charge in [-0.1, -0.05) is 32.9 Å². The Hall–Kier alpha value is -0.470. The maximum atomic E-state index is 3.52. The lowest BCUT2D eigenvalue weighted by atomic mass is 10.1. The van der Waals surface area contributed by atoms with E-state index in [0.717, 1.165) is 6.54 Å². The third-order valence-corrected chi connectivity index (χ3v) is 3.43. The minimum absolute atomic E-state index is 0.452. The summed E-state index contributed by atoms with van der Waals surface area (Å²) < 4.78 is 0. The molecule has 0 aliphatic heterocycles. The number of benzene rings is 1. The molecule has 0 aliphatic carbocycles. The van der Waals surface area contributed by atoms with Gasteiger partial charge in [-0.25, -0.2) is 0 Å². The van der Waals surface area contributed by atoms with Gasteiger partial charge in [0.2, 0.25) is 0 Å². The molecule has 0 saturated carbocycles. The van der Waals surface area contributed by atoms with Gasteiger partial charge in [0.05, 0.1) is 0 Å². The Kier molecular flexibility index (Phi) is 5.93. The molecule has 16 heavy (non-hydrogen) atoms. The zero-order valence-corrected chi connectivity index (χ0v) is 11.6. The first-order valence-corrected chi connectivity index (χ1v) is 7.01. The van der Waals surface area contributed by atoms with Crippen LogP contribution in [0.3, 0.4) is 0 Å². The largest absolute Gasteiger partial charge is 0.310 e. The Morgan fingerprint density at radius 2 is 2.00 bits per heavy atom. The van der Waals surface area contributed by atoms with E-state index in [1.807, 2.05) is 11.8 Å². The molecule has 0 radical (unpaired) electrons. The first-order chi connectivity index (χ1) is 7.63. The van der Waals surface area contributed by atoms with E-state index in [-0.39, 0.29) is 0 Å². The molecule has 0 aliphatic rings. The van der Waals surface area contributed by atoms with Gasteiger partial charge in [0, 0.05) is 16.2 Å². The third-order valence-electron chi connectivity index (χ3n) is 2.43. The smallest absolute Gasteiger partial charge is 0.0292 e. The molecule has 1 rings (SSSR count). The van der Waals surface area contributed by atoms with Crippen LogP contribution in [0.5, 0.6) is 0 Å². The van der Waals surface area contributed by atoms with Gasteiger partial charge in [-0.3, -0.25) is 0 Å². The van der Waals surface area contributed by atoms with E-state index < -0.39 is 0 Å². The van der Waals surface area contributed by atoms with Crippen molar-refractivity contribution in [3.05, 3.63) is 29.8 Å². The molecule has 2 heteroatoms. The Balaban J connectivity index is 2.65. The van der Waals surface area contributed by atoms with Gasteiger partial charge in [0.25, 0.3) is 0 Å². The molecular formula is C14H23NS. The van der Waals surface area contributed by atoms with E-state index >= 15 is 0 Å². The Labute approximate surface area is 104 Å². The van der Waals surface area contributed by atoms with Crippen LogP contribution in [0.2, 0.25) is 0 Å². The molecular weight excluding hydrogens is 214 g/mol. The van der Waals surface area contributed by atoms with Gasteiger partial charge >= 0.3 is 0 Å². The second-order valence-electron chi connectivity index (χ2n) is 4.41. The normalized spacial score (nSPS) is 13.1. The maximum absolute atomic E-state index is 3.52. The SMILES string of the molecule is CCCNC(C)c1cccc(SC(C)C)c1. The van der Waals surface area contributed by atoms with Crippen molar-refractivity contribution in [3.63, 3.8) is 0 Å². The van der Waals surface area contributed by atoms with E-state index in [4.69, 9.17) is 0 Å². The van der Waals surface area contributed by atoms with Crippen LogP contribution >= 0.6 is 11.8 Å². The Morgan fingerprint density at radius 3 is 2.62 bits per heavy atom.